The van der Waals surface area contributed by atoms with Crippen LogP contribution in [0.4, 0.5) is 0 Å². The van der Waals surface area contributed by atoms with Gasteiger partial charge in [0.2, 0.25) is 0 Å². The Morgan fingerprint density at radius 2 is 1.78 bits per heavy atom. The third-order valence-electron chi connectivity index (χ3n) is 8.39. The van der Waals surface area contributed by atoms with Crippen molar-refractivity contribution >= 4 is 0 Å². The van der Waals surface area contributed by atoms with Gasteiger partial charge in [-0.05, 0) is 83.6 Å². The molecule has 0 saturated heterocycles. The predicted molar refractivity (Wildman–Crippen MR) is 181 cm³/mol. The molecule has 0 aromatic carbocycles. The average Bonchev–Trinajstić information content (AvgIpc) is 2.84. The molecule has 0 saturated carbocycles. The van der Waals surface area contributed by atoms with Gasteiger partial charge < -0.3 is 5.11 Å². The van der Waals surface area contributed by atoms with Gasteiger partial charge in [0.1, 0.15) is 0 Å². The van der Waals surface area contributed by atoms with Gasteiger partial charge in [0.15, 0.2) is 0 Å². The van der Waals surface area contributed by atoms with E-state index in [9.17, 15) is 5.11 Å². The Balaban J connectivity index is 1.80. The van der Waals surface area contributed by atoms with Gasteiger partial charge in [0, 0.05) is 11.3 Å². The molecule has 1 unspecified atom stereocenters. The zero-order valence-electron chi connectivity index (χ0n) is 27.6. The summed E-state index contributed by atoms with van der Waals surface area (Å²) in [6, 6.07) is 0. The summed E-state index contributed by atoms with van der Waals surface area (Å²) >= 11 is 0. The van der Waals surface area contributed by atoms with E-state index < -0.39 is 0 Å². The Hall–Kier alpha value is -2.82. The number of aliphatic hydroxyl groups excluding tert-OH is 1. The summed E-state index contributed by atoms with van der Waals surface area (Å²) in [5.74, 6) is 7.45. The number of rotatable bonds is 10. The minimum atomic E-state index is -0.352. The molecule has 2 aliphatic rings. The van der Waals surface area contributed by atoms with Gasteiger partial charge in [-0.15, -0.1) is 0 Å². The van der Waals surface area contributed by atoms with Crippen LogP contribution in [-0.2, 0) is 0 Å². The molecule has 0 bridgehead atoms. The van der Waals surface area contributed by atoms with Crippen LogP contribution in [0.2, 0.25) is 0 Å². The molecule has 2 rings (SSSR count). The molecule has 0 spiro atoms. The van der Waals surface area contributed by atoms with E-state index in [4.69, 9.17) is 0 Å². The SMILES string of the molecule is CC1=C[C@@H](O)CC(C)(C)[C@H]1C#C/C(C)=C/C=C/C(C)C/C=C/C=C(C)/C=C/C=C(\C)CCC1=C(C)CC=CC1(C)C. The van der Waals surface area contributed by atoms with E-state index >= 15 is 0 Å². The second-order valence-electron chi connectivity index (χ2n) is 13.6. The molecule has 3 atom stereocenters. The van der Waals surface area contributed by atoms with Crippen molar-refractivity contribution in [3.63, 3.8) is 0 Å². The van der Waals surface area contributed by atoms with Crippen LogP contribution >= 0.6 is 0 Å². The van der Waals surface area contributed by atoms with E-state index in [-0.39, 0.29) is 22.9 Å². The van der Waals surface area contributed by atoms with Crippen LogP contribution in [0.15, 0.2) is 106 Å². The van der Waals surface area contributed by atoms with Gasteiger partial charge in [-0.2, -0.15) is 0 Å². The maximum absolute atomic E-state index is 10.0. The summed E-state index contributed by atoms with van der Waals surface area (Å²) in [5, 5.41) is 10.0. The Morgan fingerprint density at radius 3 is 2.46 bits per heavy atom. The molecule has 0 radical (unpaired) electrons. The summed E-state index contributed by atoms with van der Waals surface area (Å²) in [6.07, 6.45) is 31.1. The third kappa shape index (κ3) is 11.9. The normalized spacial score (nSPS) is 24.3. The zero-order valence-corrected chi connectivity index (χ0v) is 27.6. The molecule has 0 aromatic rings. The fourth-order valence-corrected chi connectivity index (χ4v) is 5.91. The maximum Gasteiger partial charge on any atom is 0.0729 e. The Labute approximate surface area is 253 Å². The largest absolute Gasteiger partial charge is 0.389 e. The van der Waals surface area contributed by atoms with Gasteiger partial charge >= 0.3 is 0 Å². The van der Waals surface area contributed by atoms with Gasteiger partial charge in [-0.25, -0.2) is 0 Å². The van der Waals surface area contributed by atoms with E-state index in [2.05, 4.69) is 148 Å². The lowest BCUT2D eigenvalue weighted by Gasteiger charge is -2.37. The summed E-state index contributed by atoms with van der Waals surface area (Å²) < 4.78 is 0. The Bertz CT molecular complexity index is 1230. The maximum atomic E-state index is 10.0. The number of hydrogen-bond acceptors (Lipinski definition) is 1. The van der Waals surface area contributed by atoms with Crippen LogP contribution in [0.5, 0.6) is 0 Å². The fourth-order valence-electron chi connectivity index (χ4n) is 5.91. The van der Waals surface area contributed by atoms with Gasteiger partial charge in [0.25, 0.3) is 0 Å². The van der Waals surface area contributed by atoms with E-state index in [0.29, 0.717) is 5.92 Å². The molecule has 0 aromatic heterocycles. The van der Waals surface area contributed by atoms with Gasteiger partial charge in [-0.1, -0.05) is 147 Å². The lowest BCUT2D eigenvalue weighted by atomic mass is 9.68. The van der Waals surface area contributed by atoms with E-state index in [0.717, 1.165) is 37.7 Å². The van der Waals surface area contributed by atoms with E-state index in [1.807, 2.05) is 6.08 Å². The highest BCUT2D eigenvalue weighted by Crippen LogP contribution is 2.41. The second kappa shape index (κ2) is 16.0. The van der Waals surface area contributed by atoms with Crippen molar-refractivity contribution < 1.29 is 5.11 Å². The quantitative estimate of drug-likeness (QED) is 0.162. The standard InChI is InChI=1S/C40H56O/c1-30(18-13-20-32(3)23-25-37-34(5)22-15-27-39(37,7)8)16-11-12-17-31(2)19-14-21-33(4)24-26-38-35(6)28-36(41)29-40(38,9)10/h11-16,18-21,27-28,31,36,38,41H,17,22-23,25,29H2,1-10H3/b12-11+,18-13+,19-14+,30-16+,32-20+,33-21+/t31?,36-,38+/m1/s1. The van der Waals surface area contributed by atoms with Crippen molar-refractivity contribution in [3.05, 3.63) is 106 Å². The molecular weight excluding hydrogens is 496 g/mol. The van der Waals surface area contributed by atoms with Crippen molar-refractivity contribution in [2.45, 2.75) is 107 Å². The van der Waals surface area contributed by atoms with E-state index in [1.165, 1.54) is 16.7 Å². The molecule has 0 heterocycles. The topological polar surface area (TPSA) is 20.2 Å². The van der Waals surface area contributed by atoms with Crippen LogP contribution in [0.3, 0.4) is 0 Å². The van der Waals surface area contributed by atoms with Crippen molar-refractivity contribution in [2.75, 3.05) is 0 Å². The second-order valence-corrected chi connectivity index (χ2v) is 13.6. The first kappa shape index (κ1) is 34.4. The molecule has 0 amide bonds. The van der Waals surface area contributed by atoms with Crippen LogP contribution in [-0.4, -0.2) is 11.2 Å². The molecule has 222 valence electrons. The van der Waals surface area contributed by atoms with Crippen LogP contribution < -0.4 is 0 Å². The first-order chi connectivity index (χ1) is 19.2. The van der Waals surface area contributed by atoms with Crippen molar-refractivity contribution in [3.8, 4) is 11.8 Å². The predicted octanol–water partition coefficient (Wildman–Crippen LogP) is 11.0. The fraction of sp³-hybridized carbons (Fsp3) is 0.500. The number of hydrogen-bond donors (Lipinski definition) is 1. The monoisotopic (exact) mass is 552 g/mol. The van der Waals surface area contributed by atoms with Gasteiger partial charge in [-0.3, -0.25) is 0 Å². The third-order valence-corrected chi connectivity index (χ3v) is 8.39. The molecule has 41 heavy (non-hydrogen) atoms. The van der Waals surface area contributed by atoms with Crippen molar-refractivity contribution in [2.24, 2.45) is 22.7 Å². The highest BCUT2D eigenvalue weighted by molar-refractivity contribution is 5.35. The minimum absolute atomic E-state index is 0.0120. The molecule has 1 nitrogen and oxygen atoms in total. The highest BCUT2D eigenvalue weighted by Gasteiger charge is 2.35. The summed E-state index contributed by atoms with van der Waals surface area (Å²) in [5.41, 5.74) is 8.25. The highest BCUT2D eigenvalue weighted by atomic mass is 16.3. The van der Waals surface area contributed by atoms with Gasteiger partial charge in [0.05, 0.1) is 6.10 Å². The number of aliphatic hydroxyl groups is 1. The minimum Gasteiger partial charge on any atom is -0.389 e. The van der Waals surface area contributed by atoms with Crippen molar-refractivity contribution in [1.82, 2.24) is 0 Å². The summed E-state index contributed by atoms with van der Waals surface area (Å²) in [4.78, 5) is 0. The van der Waals surface area contributed by atoms with Crippen LogP contribution in [0.25, 0.3) is 0 Å². The average molecular weight is 553 g/mol. The smallest absolute Gasteiger partial charge is 0.0729 e. The summed E-state index contributed by atoms with van der Waals surface area (Å²) in [7, 11) is 0. The number of allylic oxidation sites excluding steroid dienone is 17. The zero-order chi connectivity index (χ0) is 30.6. The van der Waals surface area contributed by atoms with Crippen LogP contribution in [0, 0.1) is 34.5 Å². The lowest BCUT2D eigenvalue weighted by molar-refractivity contribution is 0.120. The molecule has 0 fully saturated rings. The first-order valence-corrected chi connectivity index (χ1v) is 15.5. The summed E-state index contributed by atoms with van der Waals surface area (Å²) in [6.45, 7) is 22.1. The lowest BCUT2D eigenvalue weighted by Crippen LogP contribution is -2.32. The molecule has 2 aliphatic carbocycles. The molecule has 1 N–H and O–H groups in total. The molecule has 1 heteroatoms. The Kier molecular flexibility index (Phi) is 13.4. The van der Waals surface area contributed by atoms with E-state index in [1.54, 1.807) is 11.1 Å². The van der Waals surface area contributed by atoms with Crippen molar-refractivity contribution in [1.29, 1.82) is 0 Å². The molecule has 0 aliphatic heterocycles. The van der Waals surface area contributed by atoms with Crippen LogP contribution in [0.1, 0.15) is 101 Å². The Morgan fingerprint density at radius 1 is 1.05 bits per heavy atom. The first-order valence-electron chi connectivity index (χ1n) is 15.5. The molecular formula is C40H56O.